The highest BCUT2D eigenvalue weighted by Gasteiger charge is 2.23. The first-order chi connectivity index (χ1) is 11.2. The normalized spacial score (nSPS) is 16.0. The Morgan fingerprint density at radius 2 is 1.48 bits per heavy atom. The van der Waals surface area contributed by atoms with Crippen LogP contribution in [0.3, 0.4) is 0 Å². The van der Waals surface area contributed by atoms with E-state index in [1.807, 2.05) is 0 Å². The van der Waals surface area contributed by atoms with Crippen molar-refractivity contribution >= 4 is 5.69 Å². The van der Waals surface area contributed by atoms with Gasteiger partial charge in [-0.1, -0.05) is 66.7 Å². The van der Waals surface area contributed by atoms with Crippen molar-refractivity contribution in [1.82, 2.24) is 0 Å². The summed E-state index contributed by atoms with van der Waals surface area (Å²) in [5.74, 6) is 0. The molecule has 0 spiro atoms. The molecule has 1 heteroatoms. The average molecular weight is 299 g/mol. The van der Waals surface area contributed by atoms with Gasteiger partial charge in [0.25, 0.3) is 0 Å². The molecule has 1 aliphatic rings. The number of aryl methyl sites for hydroxylation is 1. The largest absolute Gasteiger partial charge is 0.377 e. The maximum absolute atomic E-state index is 3.72. The second kappa shape index (κ2) is 5.58. The van der Waals surface area contributed by atoms with Crippen LogP contribution in [0.15, 0.2) is 66.7 Å². The third-order valence-electron chi connectivity index (χ3n) is 4.98. The minimum absolute atomic E-state index is 0.385. The lowest BCUT2D eigenvalue weighted by atomic mass is 9.98. The summed E-state index contributed by atoms with van der Waals surface area (Å²) in [6.45, 7) is 4.39. The predicted octanol–water partition coefficient (Wildman–Crippen LogP) is 5.68. The van der Waals surface area contributed by atoms with Gasteiger partial charge in [-0.15, -0.1) is 0 Å². The Hall–Kier alpha value is -2.54. The summed E-state index contributed by atoms with van der Waals surface area (Å²) < 4.78 is 0. The van der Waals surface area contributed by atoms with E-state index in [0.29, 0.717) is 6.04 Å². The molecular weight excluding hydrogens is 278 g/mol. The van der Waals surface area contributed by atoms with Crippen molar-refractivity contribution in [1.29, 1.82) is 0 Å². The molecule has 1 atom stereocenters. The third kappa shape index (κ3) is 2.53. The summed E-state index contributed by atoms with van der Waals surface area (Å²) >= 11 is 0. The highest BCUT2D eigenvalue weighted by Crippen LogP contribution is 2.37. The molecule has 0 aromatic heterocycles. The van der Waals surface area contributed by atoms with Crippen LogP contribution >= 0.6 is 0 Å². The van der Waals surface area contributed by atoms with E-state index < -0.39 is 0 Å². The third-order valence-corrected chi connectivity index (χ3v) is 4.98. The summed E-state index contributed by atoms with van der Waals surface area (Å²) in [6.07, 6.45) is 1.07. The fourth-order valence-corrected chi connectivity index (χ4v) is 3.43. The van der Waals surface area contributed by atoms with Crippen molar-refractivity contribution in [2.24, 2.45) is 0 Å². The van der Waals surface area contributed by atoms with E-state index in [9.17, 15) is 0 Å². The maximum atomic E-state index is 3.72. The van der Waals surface area contributed by atoms with Crippen molar-refractivity contribution in [3.8, 4) is 11.1 Å². The zero-order valence-corrected chi connectivity index (χ0v) is 13.6. The van der Waals surface area contributed by atoms with Crippen molar-refractivity contribution in [2.45, 2.75) is 26.3 Å². The van der Waals surface area contributed by atoms with Gasteiger partial charge in [-0.05, 0) is 53.6 Å². The van der Waals surface area contributed by atoms with Gasteiger partial charge in [0.2, 0.25) is 0 Å². The number of hydrogen-bond acceptors (Lipinski definition) is 1. The van der Waals surface area contributed by atoms with Gasteiger partial charge >= 0.3 is 0 Å². The number of rotatable bonds is 2. The molecule has 23 heavy (non-hydrogen) atoms. The van der Waals surface area contributed by atoms with Gasteiger partial charge in [0, 0.05) is 5.69 Å². The highest BCUT2D eigenvalue weighted by molar-refractivity contribution is 5.66. The molecule has 1 N–H and O–H groups in total. The van der Waals surface area contributed by atoms with Gasteiger partial charge in [-0.2, -0.15) is 0 Å². The van der Waals surface area contributed by atoms with Crippen molar-refractivity contribution in [3.05, 3.63) is 89.0 Å². The van der Waals surface area contributed by atoms with Crippen LogP contribution in [0.5, 0.6) is 0 Å². The molecule has 114 valence electrons. The number of fused-ring (bicyclic) bond motifs is 1. The minimum Gasteiger partial charge on any atom is -0.377 e. The van der Waals surface area contributed by atoms with Crippen LogP contribution in [-0.4, -0.2) is 0 Å². The first kappa shape index (κ1) is 14.1. The number of nitrogens with one attached hydrogen (secondary N) is 1. The van der Waals surface area contributed by atoms with Gasteiger partial charge in [0.15, 0.2) is 0 Å². The number of benzene rings is 3. The summed E-state index contributed by atoms with van der Waals surface area (Å²) in [7, 11) is 0. The van der Waals surface area contributed by atoms with Gasteiger partial charge in [-0.25, -0.2) is 0 Å². The van der Waals surface area contributed by atoms with Crippen LogP contribution in [0.1, 0.15) is 28.3 Å². The second-order valence-electron chi connectivity index (χ2n) is 6.43. The Balaban J connectivity index is 1.60. The van der Waals surface area contributed by atoms with Gasteiger partial charge in [0.1, 0.15) is 0 Å². The van der Waals surface area contributed by atoms with E-state index in [4.69, 9.17) is 0 Å². The lowest BCUT2D eigenvalue weighted by molar-refractivity contribution is 0.824. The Kier molecular flexibility index (Phi) is 3.42. The standard InChI is InChI=1S/C22H21N/c1-15-8-9-20-14-21(23-22(20)16(15)2)19-12-10-18(11-13-19)17-6-4-3-5-7-17/h3-13,21,23H,14H2,1-2H3. The smallest absolute Gasteiger partial charge is 0.0555 e. The topological polar surface area (TPSA) is 12.0 Å². The predicted molar refractivity (Wildman–Crippen MR) is 97.9 cm³/mol. The quantitative estimate of drug-likeness (QED) is 0.642. The average Bonchev–Trinajstić information content (AvgIpc) is 3.04. The molecule has 0 saturated carbocycles. The van der Waals surface area contributed by atoms with Crippen LogP contribution in [0, 0.1) is 13.8 Å². The van der Waals surface area contributed by atoms with Crippen molar-refractivity contribution < 1.29 is 0 Å². The first-order valence-electron chi connectivity index (χ1n) is 8.23. The van der Waals surface area contributed by atoms with E-state index in [1.54, 1.807) is 0 Å². The molecule has 3 aromatic carbocycles. The molecule has 0 fully saturated rings. The van der Waals surface area contributed by atoms with Crippen LogP contribution in [0.4, 0.5) is 5.69 Å². The molecule has 0 aliphatic carbocycles. The highest BCUT2D eigenvalue weighted by atomic mass is 15.0. The molecule has 3 aromatic rings. The molecule has 0 amide bonds. The van der Waals surface area contributed by atoms with E-state index in [-0.39, 0.29) is 0 Å². The molecule has 4 rings (SSSR count). The second-order valence-corrected chi connectivity index (χ2v) is 6.43. The van der Waals surface area contributed by atoms with Crippen LogP contribution in [-0.2, 0) is 6.42 Å². The maximum Gasteiger partial charge on any atom is 0.0555 e. The van der Waals surface area contributed by atoms with Crippen molar-refractivity contribution in [2.75, 3.05) is 5.32 Å². The van der Waals surface area contributed by atoms with E-state index in [1.165, 1.54) is 39.1 Å². The van der Waals surface area contributed by atoms with Crippen LogP contribution < -0.4 is 5.32 Å². The first-order valence-corrected chi connectivity index (χ1v) is 8.23. The lowest BCUT2D eigenvalue weighted by Crippen LogP contribution is -2.05. The monoisotopic (exact) mass is 299 g/mol. The Morgan fingerprint density at radius 3 is 2.22 bits per heavy atom. The molecule has 1 nitrogen and oxygen atoms in total. The summed E-state index contributed by atoms with van der Waals surface area (Å²) in [4.78, 5) is 0. The summed E-state index contributed by atoms with van der Waals surface area (Å²) in [5, 5.41) is 3.72. The van der Waals surface area contributed by atoms with Crippen molar-refractivity contribution in [3.63, 3.8) is 0 Å². The van der Waals surface area contributed by atoms with Gasteiger partial charge in [-0.3, -0.25) is 0 Å². The summed E-state index contributed by atoms with van der Waals surface area (Å²) in [5.41, 5.74) is 9.41. The summed E-state index contributed by atoms with van der Waals surface area (Å²) in [6, 6.07) is 24.4. The zero-order chi connectivity index (χ0) is 15.8. The number of hydrogen-bond donors (Lipinski definition) is 1. The Labute approximate surface area is 138 Å². The molecule has 1 heterocycles. The minimum atomic E-state index is 0.385. The molecule has 1 unspecified atom stereocenters. The molecular formula is C22H21N. The lowest BCUT2D eigenvalue weighted by Gasteiger charge is -2.14. The van der Waals surface area contributed by atoms with E-state index in [2.05, 4.69) is 85.9 Å². The molecule has 1 aliphatic heterocycles. The van der Waals surface area contributed by atoms with Crippen LogP contribution in [0.25, 0.3) is 11.1 Å². The Bertz CT molecular complexity index is 832. The van der Waals surface area contributed by atoms with Gasteiger partial charge in [0.05, 0.1) is 6.04 Å². The molecule has 0 bridgehead atoms. The van der Waals surface area contributed by atoms with Gasteiger partial charge < -0.3 is 5.32 Å². The SMILES string of the molecule is Cc1ccc2c(c1C)NC(c1ccc(-c3ccccc3)cc1)C2. The fraction of sp³-hybridized carbons (Fsp3) is 0.182. The van der Waals surface area contributed by atoms with E-state index in [0.717, 1.165) is 6.42 Å². The Morgan fingerprint density at radius 1 is 0.783 bits per heavy atom. The van der Waals surface area contributed by atoms with E-state index >= 15 is 0 Å². The van der Waals surface area contributed by atoms with Crippen LogP contribution in [0.2, 0.25) is 0 Å². The fourth-order valence-electron chi connectivity index (χ4n) is 3.43. The molecule has 0 saturated heterocycles. The zero-order valence-electron chi connectivity index (χ0n) is 13.6. The molecule has 0 radical (unpaired) electrons. The number of anilines is 1.